The number of hydrogen-bond donors (Lipinski definition) is 3. The second kappa shape index (κ2) is 6.11. The van der Waals surface area contributed by atoms with Crippen molar-refractivity contribution in [3.63, 3.8) is 0 Å². The molecule has 1 fully saturated rings. The Balaban J connectivity index is 2.02. The minimum Gasteiger partial charge on any atom is -0.478 e. The first-order valence-electron chi connectivity index (χ1n) is 6.73. The first-order chi connectivity index (χ1) is 9.47. The minimum atomic E-state index is -0.942. The van der Waals surface area contributed by atoms with Gasteiger partial charge in [0.05, 0.1) is 16.9 Å². The molecule has 1 atom stereocenters. The van der Waals surface area contributed by atoms with Gasteiger partial charge in [-0.1, -0.05) is 0 Å². The van der Waals surface area contributed by atoms with E-state index in [1.807, 2.05) is 0 Å². The Morgan fingerprint density at radius 2 is 2.20 bits per heavy atom. The van der Waals surface area contributed by atoms with Crippen molar-refractivity contribution >= 4 is 17.3 Å². The van der Waals surface area contributed by atoms with E-state index in [1.165, 1.54) is 6.07 Å². The summed E-state index contributed by atoms with van der Waals surface area (Å²) in [4.78, 5) is 15.6. The van der Waals surface area contributed by atoms with Gasteiger partial charge in [-0.05, 0) is 32.3 Å². The zero-order chi connectivity index (χ0) is 14.7. The molecule has 1 heterocycles. The Kier molecular flexibility index (Phi) is 4.46. The Morgan fingerprint density at radius 3 is 2.90 bits per heavy atom. The maximum Gasteiger partial charge on any atom is 0.335 e. The molecule has 1 aliphatic rings. The highest BCUT2D eigenvalue weighted by atomic mass is 16.4. The first kappa shape index (κ1) is 14.6. The number of benzene rings is 1. The molecule has 0 bridgehead atoms. The van der Waals surface area contributed by atoms with Crippen LogP contribution < -0.4 is 11.1 Å². The van der Waals surface area contributed by atoms with Crippen molar-refractivity contribution in [1.82, 2.24) is 9.80 Å². The third-order valence-electron chi connectivity index (χ3n) is 3.81. The van der Waals surface area contributed by atoms with E-state index in [2.05, 4.69) is 29.2 Å². The zero-order valence-corrected chi connectivity index (χ0v) is 12.0. The van der Waals surface area contributed by atoms with Gasteiger partial charge in [-0.2, -0.15) is 0 Å². The van der Waals surface area contributed by atoms with Gasteiger partial charge in [0.25, 0.3) is 0 Å². The second-order valence-electron chi connectivity index (χ2n) is 5.38. The number of nitrogens with two attached hydrogens (primary N) is 1. The first-order valence-corrected chi connectivity index (χ1v) is 6.73. The number of rotatable bonds is 4. The summed E-state index contributed by atoms with van der Waals surface area (Å²) in [6.45, 7) is 3.84. The maximum absolute atomic E-state index is 11.0. The van der Waals surface area contributed by atoms with E-state index in [0.717, 1.165) is 26.2 Å². The molecule has 0 saturated carbocycles. The molecule has 0 aromatic heterocycles. The summed E-state index contributed by atoms with van der Waals surface area (Å²) in [5.74, 6) is -0.942. The van der Waals surface area contributed by atoms with Crippen molar-refractivity contribution in [2.45, 2.75) is 6.04 Å². The summed E-state index contributed by atoms with van der Waals surface area (Å²) >= 11 is 0. The fourth-order valence-corrected chi connectivity index (χ4v) is 2.39. The molecule has 0 aliphatic carbocycles. The molecule has 1 aromatic rings. The van der Waals surface area contributed by atoms with Gasteiger partial charge in [0.2, 0.25) is 0 Å². The quantitative estimate of drug-likeness (QED) is 0.701. The van der Waals surface area contributed by atoms with E-state index in [4.69, 9.17) is 10.8 Å². The van der Waals surface area contributed by atoms with Crippen molar-refractivity contribution in [1.29, 1.82) is 0 Å². The number of piperazine rings is 1. The van der Waals surface area contributed by atoms with Gasteiger partial charge >= 0.3 is 5.97 Å². The lowest BCUT2D eigenvalue weighted by atomic mass is 10.1. The Labute approximate surface area is 119 Å². The van der Waals surface area contributed by atoms with Gasteiger partial charge in [-0.3, -0.25) is 4.90 Å². The van der Waals surface area contributed by atoms with Gasteiger partial charge in [0, 0.05) is 32.2 Å². The van der Waals surface area contributed by atoms with Crippen molar-refractivity contribution in [3.05, 3.63) is 23.8 Å². The number of anilines is 2. The van der Waals surface area contributed by atoms with E-state index in [1.54, 1.807) is 12.1 Å². The van der Waals surface area contributed by atoms with E-state index in [9.17, 15) is 4.79 Å². The minimum absolute atomic E-state index is 0.246. The average molecular weight is 278 g/mol. The van der Waals surface area contributed by atoms with E-state index < -0.39 is 5.97 Å². The van der Waals surface area contributed by atoms with Gasteiger partial charge in [-0.25, -0.2) is 4.79 Å². The molecule has 4 N–H and O–H groups in total. The summed E-state index contributed by atoms with van der Waals surface area (Å²) in [7, 11) is 4.22. The van der Waals surface area contributed by atoms with Crippen LogP contribution in [-0.2, 0) is 0 Å². The van der Waals surface area contributed by atoms with Gasteiger partial charge < -0.3 is 21.1 Å². The molecule has 1 aromatic carbocycles. The van der Waals surface area contributed by atoms with Crippen LogP contribution in [0.5, 0.6) is 0 Å². The molecule has 0 radical (unpaired) electrons. The lowest BCUT2D eigenvalue weighted by molar-refractivity contribution is 0.0697. The molecule has 6 nitrogen and oxygen atoms in total. The number of nitrogens with one attached hydrogen (secondary N) is 1. The number of aromatic carboxylic acids is 1. The monoisotopic (exact) mass is 278 g/mol. The highest BCUT2D eigenvalue weighted by Crippen LogP contribution is 2.20. The third kappa shape index (κ3) is 3.40. The third-order valence-corrected chi connectivity index (χ3v) is 3.81. The summed E-state index contributed by atoms with van der Waals surface area (Å²) in [6.07, 6.45) is 0. The largest absolute Gasteiger partial charge is 0.478 e. The number of nitrogens with zero attached hydrogens (tertiary/aromatic N) is 2. The summed E-state index contributed by atoms with van der Waals surface area (Å²) in [5.41, 5.74) is 7.39. The molecule has 2 rings (SSSR count). The molecule has 110 valence electrons. The lowest BCUT2D eigenvalue weighted by Crippen LogP contribution is -2.52. The fourth-order valence-electron chi connectivity index (χ4n) is 2.39. The van der Waals surface area contributed by atoms with E-state index in [-0.39, 0.29) is 5.56 Å². The van der Waals surface area contributed by atoms with E-state index >= 15 is 0 Å². The SMILES string of the molecule is CN1CCN(C)C(CNc2cc(C(=O)O)ccc2N)C1. The predicted molar refractivity (Wildman–Crippen MR) is 80.2 cm³/mol. The van der Waals surface area contributed by atoms with Crippen LogP contribution in [0.4, 0.5) is 11.4 Å². The number of carbonyl (C=O) groups is 1. The maximum atomic E-state index is 11.0. The lowest BCUT2D eigenvalue weighted by Gasteiger charge is -2.38. The predicted octanol–water partition coefficient (Wildman–Crippen LogP) is 0.625. The molecular formula is C14H22N4O2. The van der Waals surface area contributed by atoms with Crippen LogP contribution in [0.25, 0.3) is 0 Å². The van der Waals surface area contributed by atoms with Crippen LogP contribution in [-0.4, -0.2) is 67.2 Å². The average Bonchev–Trinajstić information content (AvgIpc) is 2.41. The van der Waals surface area contributed by atoms with Crippen LogP contribution in [0.1, 0.15) is 10.4 Å². The van der Waals surface area contributed by atoms with Crippen LogP contribution in [0.3, 0.4) is 0 Å². The Morgan fingerprint density at radius 1 is 1.45 bits per heavy atom. The highest BCUT2D eigenvalue weighted by molar-refractivity contribution is 5.90. The van der Waals surface area contributed by atoms with Gasteiger partial charge in [-0.15, -0.1) is 0 Å². The van der Waals surface area contributed by atoms with Crippen LogP contribution in [0, 0.1) is 0 Å². The van der Waals surface area contributed by atoms with Crippen LogP contribution in [0.15, 0.2) is 18.2 Å². The van der Waals surface area contributed by atoms with E-state index in [0.29, 0.717) is 17.4 Å². The number of carboxylic acids is 1. The molecular weight excluding hydrogens is 256 g/mol. The van der Waals surface area contributed by atoms with Crippen LogP contribution in [0.2, 0.25) is 0 Å². The number of carboxylic acid groups (broad SMARTS) is 1. The summed E-state index contributed by atoms with van der Waals surface area (Å²) < 4.78 is 0. The molecule has 1 saturated heterocycles. The van der Waals surface area contributed by atoms with Gasteiger partial charge in [0.1, 0.15) is 0 Å². The van der Waals surface area contributed by atoms with Crippen molar-refractivity contribution in [2.75, 3.05) is 51.3 Å². The second-order valence-corrected chi connectivity index (χ2v) is 5.38. The summed E-state index contributed by atoms with van der Waals surface area (Å²) in [6, 6.07) is 5.12. The Hall–Kier alpha value is -1.79. The van der Waals surface area contributed by atoms with Gasteiger partial charge in [0.15, 0.2) is 0 Å². The molecule has 0 spiro atoms. The Bertz CT molecular complexity index is 492. The van der Waals surface area contributed by atoms with Crippen LogP contribution >= 0.6 is 0 Å². The summed E-state index contributed by atoms with van der Waals surface area (Å²) in [5, 5.41) is 12.3. The highest BCUT2D eigenvalue weighted by Gasteiger charge is 2.22. The molecule has 1 aliphatic heterocycles. The number of nitrogen functional groups attached to an aromatic ring is 1. The fraction of sp³-hybridized carbons (Fsp3) is 0.500. The zero-order valence-electron chi connectivity index (χ0n) is 12.0. The number of hydrogen-bond acceptors (Lipinski definition) is 5. The van der Waals surface area contributed by atoms with Crippen molar-refractivity contribution < 1.29 is 9.90 Å². The number of likely N-dealkylation sites (N-methyl/N-ethyl adjacent to an activating group) is 2. The van der Waals surface area contributed by atoms with Crippen molar-refractivity contribution in [3.8, 4) is 0 Å². The molecule has 0 amide bonds. The smallest absolute Gasteiger partial charge is 0.335 e. The molecule has 20 heavy (non-hydrogen) atoms. The standard InChI is InChI=1S/C14H22N4O2/c1-17-5-6-18(2)11(9-17)8-16-13-7-10(14(19)20)3-4-12(13)15/h3-4,7,11,16H,5-6,8-9,15H2,1-2H3,(H,19,20). The molecule has 1 unspecified atom stereocenters. The normalized spacial score (nSPS) is 20.8. The molecule has 6 heteroatoms. The van der Waals surface area contributed by atoms with Crippen molar-refractivity contribution in [2.24, 2.45) is 0 Å². The topological polar surface area (TPSA) is 81.8 Å².